The SMILES string of the molecule is CCOC(=O)C1=C(O)C[C@](C)(O)[C@@H](C(=O)OCC)[C@@H]1c1ccc(C)s1. The molecule has 2 N–H and O–H groups in total. The molecule has 0 saturated carbocycles. The second kappa shape index (κ2) is 7.58. The molecule has 3 atom stereocenters. The van der Waals surface area contributed by atoms with Crippen LogP contribution in [0.25, 0.3) is 0 Å². The number of aryl methyl sites for hydroxylation is 1. The van der Waals surface area contributed by atoms with E-state index in [2.05, 4.69) is 0 Å². The fraction of sp³-hybridized carbons (Fsp3) is 0.556. The van der Waals surface area contributed by atoms with Crippen LogP contribution in [0.2, 0.25) is 0 Å². The molecule has 1 aliphatic carbocycles. The molecule has 0 aromatic carbocycles. The lowest BCUT2D eigenvalue weighted by Crippen LogP contribution is -2.49. The molecular weight excluding hydrogens is 344 g/mol. The lowest BCUT2D eigenvalue weighted by molar-refractivity contribution is -0.160. The minimum atomic E-state index is -1.55. The Kier molecular flexibility index (Phi) is 5.90. The molecule has 6 nitrogen and oxygen atoms in total. The first kappa shape index (κ1) is 19.5. The Morgan fingerprint density at radius 1 is 1.28 bits per heavy atom. The van der Waals surface area contributed by atoms with Gasteiger partial charge in [-0.15, -0.1) is 11.3 Å². The van der Waals surface area contributed by atoms with E-state index in [9.17, 15) is 19.8 Å². The zero-order valence-corrected chi connectivity index (χ0v) is 15.7. The van der Waals surface area contributed by atoms with Gasteiger partial charge in [0.05, 0.1) is 30.3 Å². The summed E-state index contributed by atoms with van der Waals surface area (Å²) in [6.07, 6.45) is -0.217. The molecule has 0 saturated heterocycles. The summed E-state index contributed by atoms with van der Waals surface area (Å²) >= 11 is 1.40. The van der Waals surface area contributed by atoms with Crippen molar-refractivity contribution in [2.24, 2.45) is 5.92 Å². The molecule has 0 spiro atoms. The van der Waals surface area contributed by atoms with Gasteiger partial charge < -0.3 is 19.7 Å². The lowest BCUT2D eigenvalue weighted by atomic mass is 9.68. The molecule has 138 valence electrons. The molecule has 0 radical (unpaired) electrons. The largest absolute Gasteiger partial charge is 0.512 e. The van der Waals surface area contributed by atoms with Crippen molar-refractivity contribution in [3.63, 3.8) is 0 Å². The topological polar surface area (TPSA) is 93.1 Å². The van der Waals surface area contributed by atoms with E-state index in [0.29, 0.717) is 4.88 Å². The van der Waals surface area contributed by atoms with E-state index in [4.69, 9.17) is 9.47 Å². The third-order valence-corrected chi connectivity index (χ3v) is 5.34. The fourth-order valence-corrected chi connectivity index (χ4v) is 4.28. The van der Waals surface area contributed by atoms with Crippen LogP contribution in [0, 0.1) is 12.8 Å². The lowest BCUT2D eigenvalue weighted by Gasteiger charge is -2.40. The first-order chi connectivity index (χ1) is 11.7. The molecule has 25 heavy (non-hydrogen) atoms. The second-order valence-corrected chi connectivity index (χ2v) is 7.59. The number of aliphatic hydroxyl groups excluding tert-OH is 1. The van der Waals surface area contributed by atoms with Crippen molar-refractivity contribution >= 4 is 23.3 Å². The summed E-state index contributed by atoms with van der Waals surface area (Å²) in [7, 11) is 0. The Morgan fingerprint density at radius 3 is 2.44 bits per heavy atom. The highest BCUT2D eigenvalue weighted by molar-refractivity contribution is 7.12. The smallest absolute Gasteiger partial charge is 0.338 e. The highest BCUT2D eigenvalue weighted by atomic mass is 32.1. The van der Waals surface area contributed by atoms with E-state index in [1.165, 1.54) is 18.3 Å². The van der Waals surface area contributed by atoms with Gasteiger partial charge in [0.25, 0.3) is 0 Å². The van der Waals surface area contributed by atoms with Gasteiger partial charge in [-0.3, -0.25) is 4.79 Å². The van der Waals surface area contributed by atoms with Gasteiger partial charge in [0.1, 0.15) is 5.76 Å². The van der Waals surface area contributed by atoms with E-state index < -0.39 is 29.4 Å². The first-order valence-corrected chi connectivity index (χ1v) is 9.09. The van der Waals surface area contributed by atoms with Crippen LogP contribution in [0.3, 0.4) is 0 Å². The quantitative estimate of drug-likeness (QED) is 0.777. The number of thiophene rings is 1. The van der Waals surface area contributed by atoms with Gasteiger partial charge in [-0.2, -0.15) is 0 Å². The van der Waals surface area contributed by atoms with Gasteiger partial charge in [0, 0.05) is 22.1 Å². The summed E-state index contributed by atoms with van der Waals surface area (Å²) in [4.78, 5) is 26.8. The van der Waals surface area contributed by atoms with Crippen molar-refractivity contribution < 1.29 is 29.3 Å². The summed E-state index contributed by atoms with van der Waals surface area (Å²) in [6.45, 7) is 7.03. The number of esters is 2. The van der Waals surface area contributed by atoms with E-state index in [0.717, 1.165) is 4.88 Å². The number of rotatable bonds is 5. The maximum atomic E-state index is 12.6. The van der Waals surface area contributed by atoms with E-state index >= 15 is 0 Å². The Labute approximate surface area is 151 Å². The zero-order chi connectivity index (χ0) is 18.8. The minimum Gasteiger partial charge on any atom is -0.512 e. The number of aliphatic hydroxyl groups is 2. The summed E-state index contributed by atoms with van der Waals surface area (Å²) in [5.74, 6) is -3.36. The third-order valence-electron chi connectivity index (χ3n) is 4.25. The summed E-state index contributed by atoms with van der Waals surface area (Å²) in [5, 5.41) is 21.3. The van der Waals surface area contributed by atoms with Crippen molar-refractivity contribution in [3.05, 3.63) is 33.2 Å². The van der Waals surface area contributed by atoms with Crippen molar-refractivity contribution in [3.8, 4) is 0 Å². The standard InChI is InChI=1S/C18H24O6S/c1-5-23-16(20)13-11(19)9-18(4,22)15(17(21)24-6-2)14(13)12-8-7-10(3)25-12/h7-8,14-15,19,22H,5-6,9H2,1-4H3/t14-,15-,18+/m1/s1. The Hall–Kier alpha value is -1.86. The van der Waals surface area contributed by atoms with Crippen LogP contribution in [0.5, 0.6) is 0 Å². The second-order valence-electron chi connectivity index (χ2n) is 6.27. The van der Waals surface area contributed by atoms with Crippen molar-refractivity contribution in [2.75, 3.05) is 13.2 Å². The molecule has 0 amide bonds. The van der Waals surface area contributed by atoms with Crippen LogP contribution in [0.4, 0.5) is 0 Å². The maximum absolute atomic E-state index is 12.6. The molecule has 0 aliphatic heterocycles. The molecule has 1 heterocycles. The summed E-state index contributed by atoms with van der Waals surface area (Å²) < 4.78 is 10.2. The summed E-state index contributed by atoms with van der Waals surface area (Å²) in [5.41, 5.74) is -1.53. The van der Waals surface area contributed by atoms with Crippen LogP contribution < -0.4 is 0 Å². The zero-order valence-electron chi connectivity index (χ0n) is 14.9. The average molecular weight is 368 g/mol. The van der Waals surface area contributed by atoms with E-state index in [1.807, 2.05) is 13.0 Å². The van der Waals surface area contributed by atoms with Crippen LogP contribution in [-0.2, 0) is 19.1 Å². The monoisotopic (exact) mass is 368 g/mol. The molecular formula is C18H24O6S. The number of carbonyl (C=O) groups is 2. The number of ether oxygens (including phenoxy) is 2. The Balaban J connectivity index is 2.63. The molecule has 0 bridgehead atoms. The molecule has 0 fully saturated rings. The predicted octanol–water partition coefficient (Wildman–Crippen LogP) is 2.85. The Bertz CT molecular complexity index is 687. The van der Waals surface area contributed by atoms with Crippen LogP contribution in [-0.4, -0.2) is 41.0 Å². The molecule has 1 aliphatic rings. The first-order valence-electron chi connectivity index (χ1n) is 8.27. The van der Waals surface area contributed by atoms with Gasteiger partial charge in [0.15, 0.2) is 0 Å². The van der Waals surface area contributed by atoms with Crippen LogP contribution >= 0.6 is 11.3 Å². The molecule has 7 heteroatoms. The molecule has 2 rings (SSSR count). The van der Waals surface area contributed by atoms with Crippen molar-refractivity contribution in [1.29, 1.82) is 0 Å². The molecule has 1 aromatic heterocycles. The predicted molar refractivity (Wildman–Crippen MR) is 93.4 cm³/mol. The van der Waals surface area contributed by atoms with Crippen molar-refractivity contribution in [1.82, 2.24) is 0 Å². The van der Waals surface area contributed by atoms with Gasteiger partial charge in [-0.1, -0.05) is 0 Å². The molecule has 1 aromatic rings. The maximum Gasteiger partial charge on any atom is 0.338 e. The Morgan fingerprint density at radius 2 is 1.92 bits per heavy atom. The minimum absolute atomic E-state index is 0.0216. The van der Waals surface area contributed by atoms with Crippen LogP contribution in [0.1, 0.15) is 42.9 Å². The van der Waals surface area contributed by atoms with Crippen molar-refractivity contribution in [2.45, 2.75) is 45.6 Å². The number of hydrogen-bond acceptors (Lipinski definition) is 7. The molecule has 0 unspecified atom stereocenters. The number of hydrogen-bond donors (Lipinski definition) is 2. The van der Waals surface area contributed by atoms with Gasteiger partial charge in [-0.05, 0) is 39.8 Å². The number of carbonyl (C=O) groups excluding carboxylic acids is 2. The highest BCUT2D eigenvalue weighted by Gasteiger charge is 2.53. The van der Waals surface area contributed by atoms with Gasteiger partial charge in [-0.25, -0.2) is 4.79 Å². The fourth-order valence-electron chi connectivity index (χ4n) is 3.25. The third kappa shape index (κ3) is 3.88. The van der Waals surface area contributed by atoms with Gasteiger partial charge >= 0.3 is 11.9 Å². The van der Waals surface area contributed by atoms with E-state index in [1.54, 1.807) is 19.9 Å². The van der Waals surface area contributed by atoms with Gasteiger partial charge in [0.2, 0.25) is 0 Å². The van der Waals surface area contributed by atoms with E-state index in [-0.39, 0.29) is 31.0 Å². The average Bonchev–Trinajstić information content (AvgIpc) is 2.92. The highest BCUT2D eigenvalue weighted by Crippen LogP contribution is 2.48. The summed E-state index contributed by atoms with van der Waals surface area (Å²) in [6, 6.07) is 3.66. The normalized spacial score (nSPS) is 26.4. The van der Waals surface area contributed by atoms with Crippen LogP contribution in [0.15, 0.2) is 23.5 Å².